The number of aliphatic hydroxyl groups is 2. The van der Waals surface area contributed by atoms with Gasteiger partial charge in [-0.05, 0) is 32.1 Å². The molecule has 2 N–H and O–H groups in total. The van der Waals surface area contributed by atoms with Crippen LogP contribution in [0.5, 0.6) is 0 Å². The van der Waals surface area contributed by atoms with Crippen molar-refractivity contribution >= 4 is 11.8 Å². The number of cyclic esters (lactones) is 1. The van der Waals surface area contributed by atoms with Gasteiger partial charge in [-0.15, -0.1) is 0 Å². The highest BCUT2D eigenvalue weighted by molar-refractivity contribution is 5.98. The van der Waals surface area contributed by atoms with E-state index in [0.29, 0.717) is 5.76 Å². The molecule has 3 aliphatic rings. The highest BCUT2D eigenvalue weighted by Gasteiger charge is 2.51. The first-order valence-corrected chi connectivity index (χ1v) is 9.58. The summed E-state index contributed by atoms with van der Waals surface area (Å²) in [6.45, 7) is 3.61. The Kier molecular flexibility index (Phi) is 6.31. The fourth-order valence-corrected chi connectivity index (χ4v) is 4.01. The molecule has 150 valence electrons. The molecule has 0 radical (unpaired) electrons. The van der Waals surface area contributed by atoms with Crippen molar-refractivity contribution in [1.29, 1.82) is 0 Å². The Bertz CT molecular complexity index is 772. The number of aliphatic hydroxyl groups excluding tert-OH is 2. The molecule has 0 saturated carbocycles. The second-order valence-corrected chi connectivity index (χ2v) is 7.35. The van der Waals surface area contributed by atoms with Crippen molar-refractivity contribution in [3.05, 3.63) is 59.9 Å². The third-order valence-corrected chi connectivity index (χ3v) is 5.22. The lowest BCUT2D eigenvalue weighted by Gasteiger charge is -2.34. The molecule has 2 heterocycles. The quantitative estimate of drug-likeness (QED) is 0.570. The van der Waals surface area contributed by atoms with Crippen LogP contribution in [0.4, 0.5) is 0 Å². The number of ether oxygens (including phenoxy) is 2. The lowest BCUT2D eigenvalue weighted by molar-refractivity contribution is -0.147. The lowest BCUT2D eigenvalue weighted by atomic mass is 9.72. The molecule has 1 aliphatic carbocycles. The molecule has 6 nitrogen and oxygen atoms in total. The third-order valence-electron chi connectivity index (χ3n) is 5.22. The summed E-state index contributed by atoms with van der Waals surface area (Å²) in [7, 11) is 0. The molecule has 0 bridgehead atoms. The molecule has 3 unspecified atom stereocenters. The van der Waals surface area contributed by atoms with E-state index in [-0.39, 0.29) is 24.2 Å². The first-order valence-electron chi connectivity index (χ1n) is 9.58. The first-order chi connectivity index (χ1) is 13.4. The predicted octanol–water partition coefficient (Wildman–Crippen LogP) is 2.15. The van der Waals surface area contributed by atoms with E-state index in [1.54, 1.807) is 31.2 Å². The third kappa shape index (κ3) is 4.18. The smallest absolute Gasteiger partial charge is 0.338 e. The zero-order valence-electron chi connectivity index (χ0n) is 16.0. The van der Waals surface area contributed by atoms with Gasteiger partial charge in [0, 0.05) is 18.8 Å². The van der Waals surface area contributed by atoms with Crippen molar-refractivity contribution in [2.24, 2.45) is 11.8 Å². The Balaban J connectivity index is 2.02. The number of rotatable bonds is 3. The second-order valence-electron chi connectivity index (χ2n) is 7.35. The normalized spacial score (nSPS) is 36.3. The van der Waals surface area contributed by atoms with Gasteiger partial charge in [0.05, 0.1) is 23.7 Å². The molecule has 0 aromatic carbocycles. The Labute approximate surface area is 164 Å². The molecule has 2 aliphatic heterocycles. The molecule has 3 rings (SSSR count). The van der Waals surface area contributed by atoms with Gasteiger partial charge in [-0.25, -0.2) is 4.79 Å². The van der Waals surface area contributed by atoms with Crippen molar-refractivity contribution < 1.29 is 29.3 Å². The fourth-order valence-electron chi connectivity index (χ4n) is 4.01. The van der Waals surface area contributed by atoms with Crippen LogP contribution >= 0.6 is 0 Å². The van der Waals surface area contributed by atoms with E-state index in [4.69, 9.17) is 9.47 Å². The Morgan fingerprint density at radius 1 is 1.04 bits per heavy atom. The summed E-state index contributed by atoms with van der Waals surface area (Å²) >= 11 is 0. The van der Waals surface area contributed by atoms with Gasteiger partial charge < -0.3 is 19.7 Å². The minimum Gasteiger partial charge on any atom is -0.485 e. The summed E-state index contributed by atoms with van der Waals surface area (Å²) in [6.07, 6.45) is 11.1. The van der Waals surface area contributed by atoms with Crippen molar-refractivity contribution in [2.75, 3.05) is 0 Å². The highest BCUT2D eigenvalue weighted by Crippen LogP contribution is 2.43. The maximum absolute atomic E-state index is 12.9. The zero-order chi connectivity index (χ0) is 20.3. The van der Waals surface area contributed by atoms with Crippen LogP contribution in [0.25, 0.3) is 0 Å². The lowest BCUT2D eigenvalue weighted by Crippen LogP contribution is -2.45. The van der Waals surface area contributed by atoms with Gasteiger partial charge in [-0.1, -0.05) is 30.4 Å². The highest BCUT2D eigenvalue weighted by atomic mass is 16.5. The number of allylic oxidation sites excluding steroid dienone is 7. The van der Waals surface area contributed by atoms with E-state index in [1.807, 2.05) is 25.2 Å². The first kappa shape index (κ1) is 20.3. The van der Waals surface area contributed by atoms with Crippen LogP contribution in [0.2, 0.25) is 0 Å². The van der Waals surface area contributed by atoms with Crippen LogP contribution in [0.3, 0.4) is 0 Å². The summed E-state index contributed by atoms with van der Waals surface area (Å²) in [5.41, 5.74) is 0.269. The summed E-state index contributed by atoms with van der Waals surface area (Å²) in [4.78, 5) is 25.4. The predicted molar refractivity (Wildman–Crippen MR) is 103 cm³/mol. The largest absolute Gasteiger partial charge is 0.485 e. The summed E-state index contributed by atoms with van der Waals surface area (Å²) in [5, 5.41) is 20.9. The SMILES string of the molecule is C/C=C/C=C\C=C\C1=C2C(=O)OC(C)CC(O)CC(O)[C@@H]3C(=O)C=C[C@H](O1)[C@H]23. The van der Waals surface area contributed by atoms with Crippen LogP contribution in [-0.4, -0.2) is 46.4 Å². The molecule has 0 aromatic heterocycles. The molecule has 6 atom stereocenters. The number of ketones is 1. The molecule has 0 amide bonds. The van der Waals surface area contributed by atoms with E-state index in [1.165, 1.54) is 6.08 Å². The van der Waals surface area contributed by atoms with Crippen molar-refractivity contribution in [1.82, 2.24) is 0 Å². The molecule has 1 saturated heterocycles. The number of esters is 1. The molecular weight excluding hydrogens is 360 g/mol. The Morgan fingerprint density at radius 3 is 2.54 bits per heavy atom. The fraction of sp³-hybridized carbons (Fsp3) is 0.455. The van der Waals surface area contributed by atoms with Crippen LogP contribution < -0.4 is 0 Å². The van der Waals surface area contributed by atoms with Crippen molar-refractivity contribution in [3.63, 3.8) is 0 Å². The average Bonchev–Trinajstić information content (AvgIpc) is 2.98. The van der Waals surface area contributed by atoms with Gasteiger partial charge in [-0.2, -0.15) is 0 Å². The van der Waals surface area contributed by atoms with Gasteiger partial charge in [0.25, 0.3) is 0 Å². The minimum atomic E-state index is -1.07. The average molecular weight is 386 g/mol. The second kappa shape index (κ2) is 8.71. The number of carbonyl (C=O) groups is 2. The Morgan fingerprint density at radius 2 is 1.79 bits per heavy atom. The van der Waals surface area contributed by atoms with E-state index in [0.717, 1.165) is 0 Å². The van der Waals surface area contributed by atoms with E-state index in [9.17, 15) is 19.8 Å². The summed E-state index contributed by atoms with van der Waals surface area (Å²) in [6, 6.07) is 0. The van der Waals surface area contributed by atoms with E-state index >= 15 is 0 Å². The Hall–Kier alpha value is -2.44. The van der Waals surface area contributed by atoms with Crippen LogP contribution in [-0.2, 0) is 19.1 Å². The summed E-state index contributed by atoms with van der Waals surface area (Å²) in [5.74, 6) is -2.01. The molecule has 0 aromatic rings. The molecule has 28 heavy (non-hydrogen) atoms. The van der Waals surface area contributed by atoms with Crippen LogP contribution in [0.15, 0.2) is 59.9 Å². The van der Waals surface area contributed by atoms with E-state index in [2.05, 4.69) is 0 Å². The number of carbonyl (C=O) groups excluding carboxylic acids is 2. The topological polar surface area (TPSA) is 93.1 Å². The van der Waals surface area contributed by atoms with E-state index < -0.39 is 42.2 Å². The molecule has 6 heteroatoms. The zero-order valence-corrected chi connectivity index (χ0v) is 16.0. The maximum Gasteiger partial charge on any atom is 0.338 e. The van der Waals surface area contributed by atoms with Crippen molar-refractivity contribution in [3.8, 4) is 0 Å². The van der Waals surface area contributed by atoms with Gasteiger partial charge >= 0.3 is 5.97 Å². The number of hydrogen-bond acceptors (Lipinski definition) is 6. The van der Waals surface area contributed by atoms with Gasteiger partial charge in [0.2, 0.25) is 0 Å². The van der Waals surface area contributed by atoms with Gasteiger partial charge in [-0.3, -0.25) is 4.79 Å². The van der Waals surface area contributed by atoms with Gasteiger partial charge in [0.15, 0.2) is 5.78 Å². The standard InChI is InChI=1S/C22H26O6/c1-3-4-5-6-7-8-17-21-20-18(28-17)10-9-15(24)19(20)16(25)12-14(23)11-13(2)27-22(21)26/h3-10,13-14,16,18-20,23,25H,11-12H2,1-2H3/b4-3+,6-5-,8-7+/t13?,14?,16?,18-,19-,20-/m0/s1. The van der Waals surface area contributed by atoms with Crippen molar-refractivity contribution in [2.45, 2.75) is 51.1 Å². The number of hydrogen-bond donors (Lipinski definition) is 2. The monoisotopic (exact) mass is 386 g/mol. The minimum absolute atomic E-state index is 0.0416. The van der Waals surface area contributed by atoms with Crippen LogP contribution in [0.1, 0.15) is 26.7 Å². The molecule has 0 spiro atoms. The van der Waals surface area contributed by atoms with Crippen LogP contribution in [0, 0.1) is 11.8 Å². The maximum atomic E-state index is 12.9. The molecule has 1 fully saturated rings. The van der Waals surface area contributed by atoms with Gasteiger partial charge in [0.1, 0.15) is 18.0 Å². The molecular formula is C22H26O6. The summed E-state index contributed by atoms with van der Waals surface area (Å²) < 4.78 is 11.4.